The van der Waals surface area contributed by atoms with E-state index < -0.39 is 17.9 Å². The number of benzene rings is 2. The molecule has 34 heavy (non-hydrogen) atoms. The lowest BCUT2D eigenvalue weighted by molar-refractivity contribution is -0.116. The van der Waals surface area contributed by atoms with Gasteiger partial charge in [-0.1, -0.05) is 60.7 Å². The number of nitrogens with one attached hydrogen (secondary N) is 1. The first kappa shape index (κ1) is 25.1. The van der Waals surface area contributed by atoms with Crippen molar-refractivity contribution in [2.75, 3.05) is 32.2 Å². The molecule has 8 heteroatoms. The molecule has 3 rings (SSSR count). The summed E-state index contributed by atoms with van der Waals surface area (Å²) in [6.07, 6.45) is 0. The van der Waals surface area contributed by atoms with Crippen molar-refractivity contribution in [3.8, 4) is 0 Å². The molecule has 0 bridgehead atoms. The zero-order chi connectivity index (χ0) is 24.5. The number of thiophene rings is 1. The summed E-state index contributed by atoms with van der Waals surface area (Å²) in [5.74, 6) is -2.15. The summed E-state index contributed by atoms with van der Waals surface area (Å²) >= 11 is 0.994. The topological polar surface area (TPSA) is 90.9 Å². The van der Waals surface area contributed by atoms with Crippen molar-refractivity contribution in [3.63, 3.8) is 0 Å². The highest BCUT2D eigenvalue weighted by molar-refractivity contribution is 7.18. The number of hydrogen-bond acceptors (Lipinski definition) is 7. The first-order valence-electron chi connectivity index (χ1n) is 10.8. The summed E-state index contributed by atoms with van der Waals surface area (Å²) in [7, 11) is 1.51. The SMILES string of the molecule is CCOC(=O)c1c(NC(=O)C(c2ccccc2)c2ccccc2)sc(C(=O)OCCOC)c1C. The lowest BCUT2D eigenvalue weighted by Crippen LogP contribution is -2.23. The number of carbonyl (C=O) groups is 3. The minimum atomic E-state index is -0.614. The minimum absolute atomic E-state index is 0.0766. The van der Waals surface area contributed by atoms with Gasteiger partial charge < -0.3 is 19.5 Å². The van der Waals surface area contributed by atoms with E-state index in [1.807, 2.05) is 60.7 Å². The summed E-state index contributed by atoms with van der Waals surface area (Å²) in [6, 6.07) is 18.7. The van der Waals surface area contributed by atoms with Crippen LogP contribution in [-0.2, 0) is 19.0 Å². The molecule has 0 saturated heterocycles. The number of esters is 2. The molecule has 0 unspecified atom stereocenters. The van der Waals surface area contributed by atoms with Crippen LogP contribution < -0.4 is 5.32 Å². The lowest BCUT2D eigenvalue weighted by Gasteiger charge is -2.18. The molecule has 1 aromatic heterocycles. The van der Waals surface area contributed by atoms with E-state index in [9.17, 15) is 14.4 Å². The second-order valence-corrected chi connectivity index (χ2v) is 8.37. The van der Waals surface area contributed by atoms with Gasteiger partial charge in [-0.05, 0) is 30.5 Å². The maximum atomic E-state index is 13.6. The van der Waals surface area contributed by atoms with Gasteiger partial charge in [0.25, 0.3) is 0 Å². The fourth-order valence-corrected chi connectivity index (χ4v) is 4.59. The molecule has 0 saturated carbocycles. The normalized spacial score (nSPS) is 10.7. The number of hydrogen-bond donors (Lipinski definition) is 1. The number of rotatable bonds is 10. The van der Waals surface area contributed by atoms with E-state index in [4.69, 9.17) is 14.2 Å². The molecular weight excluding hydrogens is 454 g/mol. The second-order valence-electron chi connectivity index (χ2n) is 7.35. The van der Waals surface area contributed by atoms with Gasteiger partial charge in [-0.25, -0.2) is 9.59 Å². The average molecular weight is 482 g/mol. The fourth-order valence-electron chi connectivity index (χ4n) is 3.50. The molecule has 3 aromatic rings. The Hall–Kier alpha value is -3.49. The van der Waals surface area contributed by atoms with Gasteiger partial charge in [-0.3, -0.25) is 4.79 Å². The molecule has 7 nitrogen and oxygen atoms in total. The summed E-state index contributed by atoms with van der Waals surface area (Å²) in [5.41, 5.74) is 2.16. The van der Waals surface area contributed by atoms with Crippen molar-refractivity contribution in [2.24, 2.45) is 0 Å². The zero-order valence-electron chi connectivity index (χ0n) is 19.3. The molecule has 178 valence electrons. The Labute approximate surface area is 202 Å². The summed E-state index contributed by atoms with van der Waals surface area (Å²) in [4.78, 5) is 39.1. The van der Waals surface area contributed by atoms with E-state index in [0.29, 0.717) is 5.56 Å². The molecular formula is C26H27NO6S. The Kier molecular flexibility index (Phi) is 8.95. The van der Waals surface area contributed by atoms with Crippen molar-refractivity contribution in [2.45, 2.75) is 19.8 Å². The van der Waals surface area contributed by atoms with Crippen LogP contribution in [-0.4, -0.2) is 44.8 Å². The summed E-state index contributed by atoms with van der Waals surface area (Å²) in [6.45, 7) is 3.81. The van der Waals surface area contributed by atoms with E-state index in [0.717, 1.165) is 22.5 Å². The summed E-state index contributed by atoms with van der Waals surface area (Å²) in [5, 5.41) is 3.12. The maximum Gasteiger partial charge on any atom is 0.348 e. The van der Waals surface area contributed by atoms with E-state index in [1.165, 1.54) is 7.11 Å². The van der Waals surface area contributed by atoms with Crippen LogP contribution in [0.2, 0.25) is 0 Å². The fraction of sp³-hybridized carbons (Fsp3) is 0.269. The van der Waals surface area contributed by atoms with Gasteiger partial charge in [0.15, 0.2) is 0 Å². The Morgan fingerprint density at radius 3 is 2.00 bits per heavy atom. The predicted octanol–water partition coefficient (Wildman–Crippen LogP) is 4.81. The third-order valence-corrected chi connectivity index (χ3v) is 6.28. The molecule has 0 fully saturated rings. The van der Waals surface area contributed by atoms with Crippen LogP contribution in [0.4, 0.5) is 5.00 Å². The van der Waals surface area contributed by atoms with Crippen LogP contribution in [0.5, 0.6) is 0 Å². The highest BCUT2D eigenvalue weighted by Crippen LogP contribution is 2.36. The number of ether oxygens (including phenoxy) is 3. The Bertz CT molecular complexity index is 1090. The van der Waals surface area contributed by atoms with Gasteiger partial charge in [0.05, 0.1) is 24.7 Å². The van der Waals surface area contributed by atoms with Crippen LogP contribution >= 0.6 is 11.3 Å². The first-order valence-corrected chi connectivity index (χ1v) is 11.7. The Morgan fingerprint density at radius 1 is 0.882 bits per heavy atom. The van der Waals surface area contributed by atoms with Gasteiger partial charge in [0, 0.05) is 7.11 Å². The number of amides is 1. The van der Waals surface area contributed by atoms with Gasteiger partial charge in [0.1, 0.15) is 16.5 Å². The number of anilines is 1. The van der Waals surface area contributed by atoms with E-state index >= 15 is 0 Å². The van der Waals surface area contributed by atoms with Gasteiger partial charge in [-0.15, -0.1) is 11.3 Å². The monoisotopic (exact) mass is 481 g/mol. The highest BCUT2D eigenvalue weighted by Gasteiger charge is 2.30. The predicted molar refractivity (Wildman–Crippen MR) is 131 cm³/mol. The lowest BCUT2D eigenvalue weighted by atomic mass is 9.90. The third-order valence-electron chi connectivity index (χ3n) is 5.10. The summed E-state index contributed by atoms with van der Waals surface area (Å²) < 4.78 is 15.3. The van der Waals surface area contributed by atoms with E-state index in [2.05, 4.69) is 5.32 Å². The van der Waals surface area contributed by atoms with Crippen LogP contribution in [0.25, 0.3) is 0 Å². The van der Waals surface area contributed by atoms with E-state index in [1.54, 1.807) is 13.8 Å². The molecule has 1 heterocycles. The molecule has 0 radical (unpaired) electrons. The molecule has 0 aliphatic heterocycles. The first-order chi connectivity index (χ1) is 16.5. The Morgan fingerprint density at radius 2 is 1.47 bits per heavy atom. The van der Waals surface area contributed by atoms with Gasteiger partial charge in [-0.2, -0.15) is 0 Å². The standard InChI is InChI=1S/C26H27NO6S/c1-4-32-25(29)20-17(2)22(26(30)33-16-15-31-3)34-24(20)27-23(28)21(18-11-7-5-8-12-18)19-13-9-6-10-14-19/h5-14,21H,4,15-16H2,1-3H3,(H,27,28). The molecule has 0 spiro atoms. The molecule has 2 aromatic carbocycles. The Balaban J connectivity index is 1.98. The van der Waals surface area contributed by atoms with Gasteiger partial charge in [0.2, 0.25) is 5.91 Å². The molecule has 1 N–H and O–H groups in total. The van der Waals surface area contributed by atoms with E-state index in [-0.39, 0.29) is 41.2 Å². The second kappa shape index (κ2) is 12.1. The van der Waals surface area contributed by atoms with Crippen molar-refractivity contribution in [1.29, 1.82) is 0 Å². The molecule has 1 amide bonds. The van der Waals surface area contributed by atoms with Crippen molar-refractivity contribution in [1.82, 2.24) is 0 Å². The van der Waals surface area contributed by atoms with Crippen LogP contribution in [0.15, 0.2) is 60.7 Å². The number of carbonyl (C=O) groups excluding carboxylic acids is 3. The molecule has 0 atom stereocenters. The average Bonchev–Trinajstić information content (AvgIpc) is 3.16. The molecule has 0 aliphatic rings. The maximum absolute atomic E-state index is 13.6. The minimum Gasteiger partial charge on any atom is -0.462 e. The third kappa shape index (κ3) is 5.89. The van der Waals surface area contributed by atoms with Crippen molar-refractivity contribution < 1.29 is 28.6 Å². The largest absolute Gasteiger partial charge is 0.462 e. The zero-order valence-corrected chi connectivity index (χ0v) is 20.1. The van der Waals surface area contributed by atoms with Crippen molar-refractivity contribution >= 4 is 34.2 Å². The molecule has 0 aliphatic carbocycles. The smallest absolute Gasteiger partial charge is 0.348 e. The van der Waals surface area contributed by atoms with Crippen LogP contribution in [0.3, 0.4) is 0 Å². The highest BCUT2D eigenvalue weighted by atomic mass is 32.1. The number of methoxy groups -OCH3 is 1. The van der Waals surface area contributed by atoms with Gasteiger partial charge >= 0.3 is 11.9 Å². The van der Waals surface area contributed by atoms with Crippen molar-refractivity contribution in [3.05, 3.63) is 87.8 Å². The van der Waals surface area contributed by atoms with Crippen LogP contribution in [0, 0.1) is 6.92 Å². The van der Waals surface area contributed by atoms with Crippen LogP contribution in [0.1, 0.15) is 49.6 Å². The quantitative estimate of drug-likeness (QED) is 0.330.